The lowest BCUT2D eigenvalue weighted by Crippen LogP contribution is -2.63. The van der Waals surface area contributed by atoms with Crippen molar-refractivity contribution in [1.82, 2.24) is 19.8 Å². The number of aromatic amines is 2. The fraction of sp³-hybridized carbons (Fsp3) is 0.364. The zero-order valence-corrected chi connectivity index (χ0v) is 24.4. The predicted molar refractivity (Wildman–Crippen MR) is 164 cm³/mol. The van der Waals surface area contributed by atoms with E-state index in [0.717, 1.165) is 32.9 Å². The van der Waals surface area contributed by atoms with Crippen LogP contribution in [0, 0.1) is 0 Å². The number of fused-ring (bicyclic) bond motifs is 2. The minimum absolute atomic E-state index is 0.205. The molecule has 220 valence electrons. The van der Waals surface area contributed by atoms with E-state index >= 15 is 0 Å². The van der Waals surface area contributed by atoms with Gasteiger partial charge in [-0.05, 0) is 56.5 Å². The molecule has 0 aliphatic carbocycles. The molecular weight excluding hydrogens is 530 g/mol. The minimum atomic E-state index is -0.826. The van der Waals surface area contributed by atoms with Crippen LogP contribution < -0.4 is 5.73 Å². The summed E-state index contributed by atoms with van der Waals surface area (Å²) in [7, 11) is 0. The van der Waals surface area contributed by atoms with Gasteiger partial charge in [0.25, 0.3) is 0 Å². The highest BCUT2D eigenvalue weighted by Crippen LogP contribution is 2.27. The third-order valence-electron chi connectivity index (χ3n) is 7.82. The first-order valence-electron chi connectivity index (χ1n) is 14.5. The molecule has 1 aliphatic rings. The maximum atomic E-state index is 14.3. The molecule has 0 radical (unpaired) electrons. The SMILES string of the molecule is CCOC(=O)[C@@H](Cc1c[nH]c2ccccc12)N1CCN(C(=O)/C=C/CC(C)(C)N)[C@H](Cc2c[nH]c3ccccc23)C1=O. The standard InChI is InChI=1S/C33H39N5O4/c1-4-42-32(41)29(19-23-21-36-27-13-8-6-11-25(23)27)38-17-16-37(30(39)14-9-15-33(2,3)34)28(31(38)40)18-22-20-35-26-12-7-5-10-24(22)26/h5-14,20-21,28-29,35-36H,4,15-19,34H2,1-3H3/b14-9+/t28-,29-/m1/s1. The van der Waals surface area contributed by atoms with Crippen molar-refractivity contribution in [2.75, 3.05) is 19.7 Å². The number of nitrogens with one attached hydrogen (secondary N) is 2. The van der Waals surface area contributed by atoms with Crippen LogP contribution in [0.25, 0.3) is 21.8 Å². The minimum Gasteiger partial charge on any atom is -0.464 e. The van der Waals surface area contributed by atoms with Crippen molar-refractivity contribution in [1.29, 1.82) is 0 Å². The van der Waals surface area contributed by atoms with Gasteiger partial charge in [-0.2, -0.15) is 0 Å². The van der Waals surface area contributed by atoms with E-state index in [1.165, 1.54) is 6.08 Å². The number of hydrogen-bond acceptors (Lipinski definition) is 5. The van der Waals surface area contributed by atoms with Crippen molar-refractivity contribution in [2.24, 2.45) is 5.73 Å². The summed E-state index contributed by atoms with van der Waals surface area (Å²) in [5.74, 6) is -0.974. The number of carbonyl (C=O) groups excluding carboxylic acids is 3. The summed E-state index contributed by atoms with van der Waals surface area (Å²) >= 11 is 0. The molecule has 0 bridgehead atoms. The molecular formula is C33H39N5O4. The predicted octanol–water partition coefficient (Wildman–Crippen LogP) is 4.09. The van der Waals surface area contributed by atoms with Crippen LogP contribution in [-0.4, -0.2) is 74.9 Å². The fourth-order valence-corrected chi connectivity index (χ4v) is 5.71. The number of ether oxygens (including phenoxy) is 1. The molecule has 2 atom stereocenters. The number of piperazine rings is 1. The highest BCUT2D eigenvalue weighted by Gasteiger charge is 2.42. The molecule has 4 aromatic rings. The van der Waals surface area contributed by atoms with Gasteiger partial charge in [0.05, 0.1) is 6.61 Å². The van der Waals surface area contributed by atoms with E-state index < -0.39 is 23.6 Å². The summed E-state index contributed by atoms with van der Waals surface area (Å²) < 4.78 is 5.47. The van der Waals surface area contributed by atoms with Crippen molar-refractivity contribution in [3.8, 4) is 0 Å². The van der Waals surface area contributed by atoms with Crippen LogP contribution in [0.5, 0.6) is 0 Å². The Bertz CT molecular complexity index is 1610. The summed E-state index contributed by atoms with van der Waals surface area (Å²) in [6.07, 6.45) is 8.18. The van der Waals surface area contributed by atoms with E-state index in [1.54, 1.807) is 22.8 Å². The van der Waals surface area contributed by atoms with Crippen molar-refractivity contribution in [3.63, 3.8) is 0 Å². The van der Waals surface area contributed by atoms with E-state index in [2.05, 4.69) is 9.97 Å². The average molecular weight is 570 g/mol. The maximum Gasteiger partial charge on any atom is 0.329 e. The van der Waals surface area contributed by atoms with Crippen LogP contribution in [0.4, 0.5) is 0 Å². The van der Waals surface area contributed by atoms with Crippen LogP contribution >= 0.6 is 0 Å². The van der Waals surface area contributed by atoms with E-state index in [-0.39, 0.29) is 31.5 Å². The molecule has 9 nitrogen and oxygen atoms in total. The summed E-state index contributed by atoms with van der Waals surface area (Å²) in [5.41, 5.74) is 9.42. The van der Waals surface area contributed by atoms with Crippen molar-refractivity contribution >= 4 is 39.6 Å². The Morgan fingerprint density at radius 2 is 1.64 bits per heavy atom. The lowest BCUT2D eigenvalue weighted by Gasteiger charge is -2.43. The number of nitrogens with zero attached hydrogens (tertiary/aromatic N) is 2. The number of rotatable bonds is 10. The first-order valence-corrected chi connectivity index (χ1v) is 14.5. The smallest absolute Gasteiger partial charge is 0.329 e. The van der Waals surface area contributed by atoms with Gasteiger partial charge in [0.2, 0.25) is 11.8 Å². The van der Waals surface area contributed by atoms with E-state index in [1.807, 2.05) is 74.8 Å². The van der Waals surface area contributed by atoms with Crippen LogP contribution in [0.3, 0.4) is 0 Å². The van der Waals surface area contributed by atoms with Gasteiger partial charge in [-0.15, -0.1) is 0 Å². The van der Waals surface area contributed by atoms with Crippen LogP contribution in [0.2, 0.25) is 0 Å². The van der Waals surface area contributed by atoms with Gasteiger partial charge < -0.3 is 30.2 Å². The molecule has 9 heteroatoms. The molecule has 0 spiro atoms. The molecule has 3 heterocycles. The number of aromatic nitrogens is 2. The molecule has 1 aliphatic heterocycles. The summed E-state index contributed by atoms with van der Waals surface area (Å²) in [6.45, 7) is 6.26. The maximum absolute atomic E-state index is 14.3. The van der Waals surface area contributed by atoms with E-state index in [0.29, 0.717) is 19.3 Å². The molecule has 5 rings (SSSR count). The third kappa shape index (κ3) is 6.26. The number of carbonyl (C=O) groups is 3. The van der Waals surface area contributed by atoms with Crippen LogP contribution in [-0.2, 0) is 32.0 Å². The van der Waals surface area contributed by atoms with E-state index in [4.69, 9.17) is 10.5 Å². The normalized spacial score (nSPS) is 17.0. The molecule has 2 aromatic carbocycles. The van der Waals surface area contributed by atoms with Crippen molar-refractivity contribution in [2.45, 2.75) is 57.7 Å². The van der Waals surface area contributed by atoms with Gasteiger partial charge in [-0.25, -0.2) is 4.79 Å². The van der Waals surface area contributed by atoms with Gasteiger partial charge in [0.15, 0.2) is 0 Å². The number of para-hydroxylation sites is 2. The lowest BCUT2D eigenvalue weighted by molar-refractivity contribution is -0.161. The van der Waals surface area contributed by atoms with Crippen LogP contribution in [0.15, 0.2) is 73.1 Å². The average Bonchev–Trinajstić information content (AvgIpc) is 3.56. The van der Waals surface area contributed by atoms with Gasteiger partial charge in [-0.1, -0.05) is 42.5 Å². The highest BCUT2D eigenvalue weighted by atomic mass is 16.5. The first kappa shape index (κ1) is 29.1. The summed E-state index contributed by atoms with van der Waals surface area (Å²) in [6, 6.07) is 14.1. The number of esters is 1. The second kappa shape index (κ2) is 12.2. The Hall–Kier alpha value is -4.37. The highest BCUT2D eigenvalue weighted by molar-refractivity contribution is 5.96. The Morgan fingerprint density at radius 3 is 2.29 bits per heavy atom. The number of H-pyrrole nitrogens is 2. The Balaban J connectivity index is 1.47. The van der Waals surface area contributed by atoms with Gasteiger partial charge in [-0.3, -0.25) is 9.59 Å². The Labute approximate surface area is 245 Å². The second-order valence-corrected chi connectivity index (χ2v) is 11.6. The summed E-state index contributed by atoms with van der Waals surface area (Å²) in [4.78, 5) is 50.9. The van der Waals surface area contributed by atoms with E-state index in [9.17, 15) is 14.4 Å². The molecule has 1 fully saturated rings. The molecule has 42 heavy (non-hydrogen) atoms. The summed E-state index contributed by atoms with van der Waals surface area (Å²) in [5, 5.41) is 1.99. The fourth-order valence-electron chi connectivity index (χ4n) is 5.71. The third-order valence-corrected chi connectivity index (χ3v) is 7.82. The topological polar surface area (TPSA) is 125 Å². The van der Waals surface area contributed by atoms with Crippen molar-refractivity contribution in [3.05, 3.63) is 84.2 Å². The largest absolute Gasteiger partial charge is 0.464 e. The molecule has 2 aromatic heterocycles. The number of benzene rings is 2. The molecule has 2 amide bonds. The number of hydrogen-bond donors (Lipinski definition) is 3. The second-order valence-electron chi connectivity index (χ2n) is 11.6. The lowest BCUT2D eigenvalue weighted by atomic mass is 9.97. The number of amides is 2. The van der Waals surface area contributed by atoms with Crippen LogP contribution in [0.1, 0.15) is 38.3 Å². The Kier molecular flexibility index (Phi) is 8.49. The van der Waals surface area contributed by atoms with Gasteiger partial charge in [0, 0.05) is 65.7 Å². The number of nitrogens with two attached hydrogens (primary N) is 1. The zero-order chi connectivity index (χ0) is 29.9. The van der Waals surface area contributed by atoms with Gasteiger partial charge in [0.1, 0.15) is 12.1 Å². The Morgan fingerprint density at radius 1 is 1.02 bits per heavy atom. The van der Waals surface area contributed by atoms with Crippen molar-refractivity contribution < 1.29 is 19.1 Å². The quantitative estimate of drug-likeness (QED) is 0.196. The molecule has 4 N–H and O–H groups in total. The zero-order valence-electron chi connectivity index (χ0n) is 24.4. The molecule has 0 unspecified atom stereocenters. The monoisotopic (exact) mass is 569 g/mol. The molecule has 1 saturated heterocycles. The molecule has 0 saturated carbocycles. The first-order chi connectivity index (χ1) is 20.2. The van der Waals surface area contributed by atoms with Gasteiger partial charge >= 0.3 is 5.97 Å².